The third kappa shape index (κ3) is 1.85. The Morgan fingerprint density at radius 3 is 2.84 bits per heavy atom. The van der Waals surface area contributed by atoms with E-state index in [4.69, 9.17) is 17.3 Å². The second-order valence-corrected chi connectivity index (χ2v) is 4.74. The minimum Gasteiger partial charge on any atom is -0.397 e. The maximum absolute atomic E-state index is 13.2. The Balaban J connectivity index is 2.31. The first-order valence-electron chi connectivity index (χ1n) is 5.74. The van der Waals surface area contributed by atoms with E-state index >= 15 is 0 Å². The molecule has 0 bridgehead atoms. The summed E-state index contributed by atoms with van der Waals surface area (Å²) in [4.78, 5) is 4.43. The highest BCUT2D eigenvalue weighted by atomic mass is 35.5. The Labute approximate surface area is 114 Å². The number of nitrogens with zero attached hydrogens (tertiary/aromatic N) is 2. The van der Waals surface area contributed by atoms with Gasteiger partial charge in [0.05, 0.1) is 21.7 Å². The molecule has 0 aliphatic heterocycles. The van der Waals surface area contributed by atoms with E-state index in [1.165, 1.54) is 12.1 Å². The number of hydrogen-bond donors (Lipinski definition) is 1. The molecule has 96 valence electrons. The van der Waals surface area contributed by atoms with Crippen LogP contribution in [0.2, 0.25) is 5.02 Å². The highest BCUT2D eigenvalue weighted by Crippen LogP contribution is 2.32. The number of para-hydroxylation sites is 1. The lowest BCUT2D eigenvalue weighted by atomic mass is 10.1. The number of anilines is 1. The second-order valence-electron chi connectivity index (χ2n) is 4.33. The van der Waals surface area contributed by atoms with Gasteiger partial charge in [0.2, 0.25) is 0 Å². The van der Waals surface area contributed by atoms with Gasteiger partial charge in [-0.05, 0) is 24.3 Å². The van der Waals surface area contributed by atoms with Crippen molar-refractivity contribution in [1.82, 2.24) is 9.55 Å². The molecule has 0 atom stereocenters. The van der Waals surface area contributed by atoms with Gasteiger partial charge in [0.1, 0.15) is 11.6 Å². The zero-order chi connectivity index (χ0) is 13.6. The molecule has 0 saturated heterocycles. The van der Waals surface area contributed by atoms with Crippen LogP contribution in [0, 0.1) is 5.82 Å². The van der Waals surface area contributed by atoms with Gasteiger partial charge in [-0.3, -0.25) is 0 Å². The first-order valence-corrected chi connectivity index (χ1v) is 6.12. The fourth-order valence-electron chi connectivity index (χ4n) is 2.15. The normalized spacial score (nSPS) is 11.1. The van der Waals surface area contributed by atoms with Crippen LogP contribution in [0.1, 0.15) is 0 Å². The van der Waals surface area contributed by atoms with E-state index in [2.05, 4.69) is 4.98 Å². The molecule has 3 rings (SSSR count). The van der Waals surface area contributed by atoms with E-state index in [1.54, 1.807) is 12.1 Å². The van der Waals surface area contributed by atoms with Gasteiger partial charge in [0.25, 0.3) is 0 Å². The molecular weight excluding hydrogens is 265 g/mol. The van der Waals surface area contributed by atoms with Crippen LogP contribution in [-0.2, 0) is 7.05 Å². The number of imidazole rings is 1. The lowest BCUT2D eigenvalue weighted by molar-refractivity contribution is 0.629. The fourth-order valence-corrected chi connectivity index (χ4v) is 2.32. The van der Waals surface area contributed by atoms with E-state index in [-0.39, 0.29) is 5.82 Å². The quantitative estimate of drug-likeness (QED) is 0.690. The Bertz CT molecular complexity index is 780. The number of halogens is 2. The van der Waals surface area contributed by atoms with Crippen molar-refractivity contribution in [3.63, 3.8) is 0 Å². The maximum Gasteiger partial charge on any atom is 0.143 e. The number of nitrogen functional groups attached to an aromatic ring is 1. The molecular formula is C14H11ClFN3. The molecule has 5 heteroatoms. The predicted molar refractivity (Wildman–Crippen MR) is 75.5 cm³/mol. The zero-order valence-electron chi connectivity index (χ0n) is 10.2. The zero-order valence-corrected chi connectivity index (χ0v) is 10.9. The average molecular weight is 276 g/mol. The Morgan fingerprint density at radius 1 is 1.26 bits per heavy atom. The number of aryl methyl sites for hydroxylation is 1. The summed E-state index contributed by atoms with van der Waals surface area (Å²) in [6, 6.07) is 9.89. The topological polar surface area (TPSA) is 43.8 Å². The predicted octanol–water partition coefficient (Wildman–Crippen LogP) is 3.62. The smallest absolute Gasteiger partial charge is 0.143 e. The molecule has 0 spiro atoms. The summed E-state index contributed by atoms with van der Waals surface area (Å²) >= 11 is 6.02. The number of nitrogens with two attached hydrogens (primary N) is 1. The van der Waals surface area contributed by atoms with Crippen molar-refractivity contribution >= 4 is 28.3 Å². The number of hydrogen-bond acceptors (Lipinski definition) is 2. The molecule has 2 N–H and O–H groups in total. The van der Waals surface area contributed by atoms with Crippen molar-refractivity contribution in [1.29, 1.82) is 0 Å². The van der Waals surface area contributed by atoms with Crippen LogP contribution >= 0.6 is 11.6 Å². The Hall–Kier alpha value is -2.07. The third-order valence-electron chi connectivity index (χ3n) is 3.14. The van der Waals surface area contributed by atoms with Crippen LogP contribution in [0.3, 0.4) is 0 Å². The fraction of sp³-hybridized carbons (Fsp3) is 0.0714. The van der Waals surface area contributed by atoms with Crippen LogP contribution in [0.25, 0.3) is 22.4 Å². The minimum absolute atomic E-state index is 0.309. The highest BCUT2D eigenvalue weighted by molar-refractivity contribution is 6.33. The molecule has 0 amide bonds. The van der Waals surface area contributed by atoms with Gasteiger partial charge in [0.15, 0.2) is 0 Å². The van der Waals surface area contributed by atoms with Gasteiger partial charge < -0.3 is 10.3 Å². The largest absolute Gasteiger partial charge is 0.397 e. The standard InChI is InChI=1S/C14H11ClFN3/c1-19-12-6-5-8(16)7-11(12)18-14(19)9-3-2-4-10(15)13(9)17/h2-7H,17H2,1H3. The van der Waals surface area contributed by atoms with Crippen molar-refractivity contribution in [3.05, 3.63) is 47.2 Å². The van der Waals surface area contributed by atoms with Crippen molar-refractivity contribution in [2.24, 2.45) is 7.05 Å². The molecule has 0 aliphatic rings. The molecule has 1 heterocycles. The van der Waals surface area contributed by atoms with Gasteiger partial charge in [-0.2, -0.15) is 0 Å². The molecule has 0 saturated carbocycles. The number of rotatable bonds is 1. The molecule has 0 radical (unpaired) electrons. The summed E-state index contributed by atoms with van der Waals surface area (Å²) in [5, 5.41) is 0.482. The highest BCUT2D eigenvalue weighted by Gasteiger charge is 2.13. The van der Waals surface area contributed by atoms with Gasteiger partial charge in [-0.1, -0.05) is 17.7 Å². The monoisotopic (exact) mass is 275 g/mol. The van der Waals surface area contributed by atoms with Crippen molar-refractivity contribution in [3.8, 4) is 11.4 Å². The van der Waals surface area contributed by atoms with Crippen molar-refractivity contribution < 1.29 is 4.39 Å². The van der Waals surface area contributed by atoms with E-state index < -0.39 is 0 Å². The molecule has 2 aromatic carbocycles. The summed E-state index contributed by atoms with van der Waals surface area (Å²) < 4.78 is 15.1. The average Bonchev–Trinajstić information content (AvgIpc) is 2.69. The van der Waals surface area contributed by atoms with Crippen molar-refractivity contribution in [2.45, 2.75) is 0 Å². The van der Waals surface area contributed by atoms with Crippen LogP contribution in [0.5, 0.6) is 0 Å². The van der Waals surface area contributed by atoms with Crippen molar-refractivity contribution in [2.75, 3.05) is 5.73 Å². The Kier molecular flexibility index (Phi) is 2.68. The molecule has 19 heavy (non-hydrogen) atoms. The number of aromatic nitrogens is 2. The molecule has 1 aromatic heterocycles. The molecule has 0 fully saturated rings. The van der Waals surface area contributed by atoms with E-state index in [0.717, 1.165) is 11.1 Å². The van der Waals surface area contributed by atoms with Crippen LogP contribution in [0.15, 0.2) is 36.4 Å². The summed E-state index contributed by atoms with van der Waals surface area (Å²) in [5.41, 5.74) is 8.63. The summed E-state index contributed by atoms with van der Waals surface area (Å²) in [7, 11) is 1.86. The molecule has 3 nitrogen and oxygen atoms in total. The van der Waals surface area contributed by atoms with E-state index in [1.807, 2.05) is 23.7 Å². The number of fused-ring (bicyclic) bond motifs is 1. The van der Waals surface area contributed by atoms with Crippen LogP contribution in [-0.4, -0.2) is 9.55 Å². The van der Waals surface area contributed by atoms with Gasteiger partial charge >= 0.3 is 0 Å². The van der Waals surface area contributed by atoms with Gasteiger partial charge in [-0.25, -0.2) is 9.37 Å². The summed E-state index contributed by atoms with van der Waals surface area (Å²) in [6.45, 7) is 0. The second kappa shape index (κ2) is 4.24. The first kappa shape index (κ1) is 12.0. The molecule has 0 aliphatic carbocycles. The number of benzene rings is 2. The van der Waals surface area contributed by atoms with E-state index in [9.17, 15) is 4.39 Å². The maximum atomic E-state index is 13.2. The lowest BCUT2D eigenvalue weighted by Crippen LogP contribution is -1.97. The molecule has 0 unspecified atom stereocenters. The van der Waals surface area contributed by atoms with Gasteiger partial charge in [0, 0.05) is 18.7 Å². The van der Waals surface area contributed by atoms with Crippen LogP contribution < -0.4 is 5.73 Å². The summed E-state index contributed by atoms with van der Waals surface area (Å²) in [6.07, 6.45) is 0. The SMILES string of the molecule is Cn1c(-c2cccc(Cl)c2N)nc2cc(F)ccc21. The molecule has 3 aromatic rings. The first-order chi connectivity index (χ1) is 9.08. The lowest BCUT2D eigenvalue weighted by Gasteiger charge is -2.07. The van der Waals surface area contributed by atoms with Crippen LogP contribution in [0.4, 0.5) is 10.1 Å². The van der Waals surface area contributed by atoms with Gasteiger partial charge in [-0.15, -0.1) is 0 Å². The van der Waals surface area contributed by atoms with E-state index in [0.29, 0.717) is 22.1 Å². The Morgan fingerprint density at radius 2 is 2.05 bits per heavy atom. The third-order valence-corrected chi connectivity index (χ3v) is 3.47. The summed E-state index contributed by atoms with van der Waals surface area (Å²) in [5.74, 6) is 0.358. The minimum atomic E-state index is -0.309.